The summed E-state index contributed by atoms with van der Waals surface area (Å²) < 4.78 is 20.9. The Morgan fingerprint density at radius 2 is 1.07 bits per heavy atom. The van der Waals surface area contributed by atoms with E-state index in [2.05, 4.69) is 246 Å². The molecule has 5 heteroatoms. The van der Waals surface area contributed by atoms with Crippen molar-refractivity contribution in [3.63, 3.8) is 0 Å². The molecule has 0 atom stereocenters. The van der Waals surface area contributed by atoms with Crippen LogP contribution in [0, 0.1) is 0 Å². The number of fused-ring (bicyclic) bond motifs is 10. The fourth-order valence-electron chi connectivity index (χ4n) is 10.8. The largest absolute Gasteiger partial charge is 0.457 e. The molecule has 71 heavy (non-hydrogen) atoms. The van der Waals surface area contributed by atoms with Crippen molar-refractivity contribution >= 4 is 76.5 Å². The molecule has 0 N–H and O–H groups in total. The fraction of sp³-hybridized carbons (Fsp3) is 0.197. The summed E-state index contributed by atoms with van der Waals surface area (Å²) in [5.41, 5.74) is 12.0. The number of benzene rings is 8. The topological polar surface area (TPSA) is 35.2 Å². The van der Waals surface area contributed by atoms with Gasteiger partial charge in [-0.2, -0.15) is 0 Å². The van der Waals surface area contributed by atoms with Crippen LogP contribution in [0.3, 0.4) is 0 Å². The van der Waals surface area contributed by atoms with Crippen molar-refractivity contribution in [1.29, 1.82) is 0 Å². The Kier molecular flexibility index (Phi) is 9.94. The number of rotatable bonds is 5. The van der Waals surface area contributed by atoms with Crippen molar-refractivity contribution in [1.82, 2.24) is 14.1 Å². The molecular weight excluding hydrogens is 865 g/mol. The molecule has 0 unspecified atom stereocenters. The van der Waals surface area contributed by atoms with Crippen LogP contribution in [0.25, 0.3) is 82.1 Å². The van der Waals surface area contributed by atoms with Crippen LogP contribution in [0.5, 0.6) is 11.5 Å². The number of hydrogen-bond donors (Lipinski definition) is 0. The maximum Gasteiger partial charge on any atom is 0.137 e. The molecule has 0 spiro atoms. The average Bonchev–Trinajstić information content (AvgIpc) is 3.92. The van der Waals surface area contributed by atoms with Gasteiger partial charge in [0.2, 0.25) is 0 Å². The van der Waals surface area contributed by atoms with Gasteiger partial charge >= 0.3 is 0 Å². The molecule has 0 saturated carbocycles. The highest BCUT2D eigenvalue weighted by molar-refractivity contribution is 6.22. The average molecular weight is 926 g/mol. The molecule has 12 rings (SSSR count). The first-order valence-corrected chi connectivity index (χ1v) is 25.0. The summed E-state index contributed by atoms with van der Waals surface area (Å²) in [5.74, 6) is 2.38. The maximum absolute atomic E-state index is 9.21. The lowest BCUT2D eigenvalue weighted by molar-refractivity contribution is 0.483. The molecule has 8 aromatic carbocycles. The molecule has 0 amide bonds. The summed E-state index contributed by atoms with van der Waals surface area (Å²) >= 11 is 0. The van der Waals surface area contributed by atoms with Crippen LogP contribution in [-0.4, -0.2) is 14.1 Å². The number of pyridine rings is 1. The maximum atomic E-state index is 9.21. The Morgan fingerprint density at radius 1 is 0.465 bits per heavy atom. The summed E-state index contributed by atoms with van der Waals surface area (Å²) in [6, 6.07) is 64.2. The van der Waals surface area contributed by atoms with E-state index in [4.69, 9.17) is 9.72 Å². The van der Waals surface area contributed by atoms with Crippen LogP contribution in [-0.2, 0) is 22.9 Å². The molecule has 1 aliphatic rings. The van der Waals surface area contributed by atoms with Crippen molar-refractivity contribution < 1.29 is 6.11 Å². The third kappa shape index (κ3) is 7.58. The lowest BCUT2D eigenvalue weighted by Crippen LogP contribution is -2.16. The number of anilines is 2. The standard InChI is InChI=1S/C66H60N4O/c1-64(2,3)43-20-16-19-42(35-43)56-36-45(66(7,8)9)37-57-52-26-13-11-24-50(52)49-23-10-12-25-51(49)55-28-18-30-59-63(55)69(62(56)57)41-68(59)46-21-17-22-47(39-46)71-48-31-32-54-53-27-14-15-29-58(53)70(60(54)40-48)61-38-44(33-34-67-61)65(4,5)6/h10-40H,41H2,1-9H3/i16D. The zero-order valence-corrected chi connectivity index (χ0v) is 42.2. The van der Waals surface area contributed by atoms with Gasteiger partial charge in [0.1, 0.15) is 24.0 Å². The van der Waals surface area contributed by atoms with Crippen LogP contribution in [0.4, 0.5) is 11.4 Å². The molecule has 0 aliphatic carbocycles. The predicted octanol–water partition coefficient (Wildman–Crippen LogP) is 18.2. The second-order valence-corrected chi connectivity index (χ2v) is 22.5. The Morgan fingerprint density at radius 3 is 1.79 bits per heavy atom. The van der Waals surface area contributed by atoms with Crippen LogP contribution < -0.4 is 9.64 Å². The highest BCUT2D eigenvalue weighted by Crippen LogP contribution is 2.47. The highest BCUT2D eigenvalue weighted by Gasteiger charge is 2.28. The number of para-hydroxylation sites is 2. The molecule has 1 aliphatic heterocycles. The van der Waals surface area contributed by atoms with E-state index in [-0.39, 0.29) is 16.2 Å². The molecule has 350 valence electrons. The molecule has 4 heterocycles. The highest BCUT2D eigenvalue weighted by atomic mass is 16.5. The van der Waals surface area contributed by atoms with Crippen molar-refractivity contribution in [3.8, 4) is 28.4 Å². The lowest BCUT2D eigenvalue weighted by Gasteiger charge is -2.25. The number of ether oxygens (including phenoxy) is 1. The van der Waals surface area contributed by atoms with Crippen molar-refractivity contribution in [2.75, 3.05) is 4.90 Å². The van der Waals surface area contributed by atoms with Crippen LogP contribution in [0.2, 0.25) is 0 Å². The van der Waals surface area contributed by atoms with Gasteiger partial charge in [-0.3, -0.25) is 4.57 Å². The van der Waals surface area contributed by atoms with E-state index in [1.54, 1.807) is 0 Å². The second kappa shape index (κ2) is 16.3. The second-order valence-electron chi connectivity index (χ2n) is 22.5. The first-order valence-electron chi connectivity index (χ1n) is 25.5. The Balaban J connectivity index is 1.08. The van der Waals surface area contributed by atoms with Crippen molar-refractivity contribution in [3.05, 3.63) is 205 Å². The summed E-state index contributed by atoms with van der Waals surface area (Å²) in [6.45, 7) is 20.9. The quantitative estimate of drug-likeness (QED) is 0.173. The van der Waals surface area contributed by atoms with Crippen molar-refractivity contribution in [2.24, 2.45) is 0 Å². The van der Waals surface area contributed by atoms with Gasteiger partial charge in [-0.25, -0.2) is 4.98 Å². The third-order valence-corrected chi connectivity index (χ3v) is 14.6. The van der Waals surface area contributed by atoms with Gasteiger partial charge in [-0.15, -0.1) is 0 Å². The van der Waals surface area contributed by atoms with E-state index in [1.165, 1.54) is 48.8 Å². The normalized spacial score (nSPS) is 13.3. The molecule has 0 fully saturated rings. The minimum atomic E-state index is -0.156. The minimum Gasteiger partial charge on any atom is -0.457 e. The van der Waals surface area contributed by atoms with Crippen LogP contribution in [0.15, 0.2) is 188 Å². The molecule has 0 radical (unpaired) electrons. The van der Waals surface area contributed by atoms with E-state index in [0.717, 1.165) is 72.8 Å². The van der Waals surface area contributed by atoms with E-state index in [9.17, 15) is 1.37 Å². The fourth-order valence-corrected chi connectivity index (χ4v) is 10.8. The molecule has 11 aromatic rings. The Labute approximate surface area is 418 Å². The molecule has 5 nitrogen and oxygen atoms in total. The first-order chi connectivity index (χ1) is 34.5. The number of hydrogen-bond acceptors (Lipinski definition) is 3. The summed E-state index contributed by atoms with van der Waals surface area (Å²) in [4.78, 5) is 7.35. The number of nitrogens with zero attached hydrogens (tertiary/aromatic N) is 4. The SMILES string of the molecule is [2H]c1cc(-c2cc(C(C)(C)C)cc3c4ccccc4c4ccccc4c4cccc5c4n(c23)CN5c2cccc(Oc3ccc4c5ccccc5n(-c5cc(C(C)(C)C)ccn5)c4c3)c2)cc(C(C)(C)C)c1. The predicted molar refractivity (Wildman–Crippen MR) is 301 cm³/mol. The minimum absolute atomic E-state index is 0.0264. The van der Waals surface area contributed by atoms with Crippen LogP contribution >= 0.6 is 0 Å². The van der Waals surface area contributed by atoms with Gasteiger partial charge in [-0.05, 0) is 121 Å². The first kappa shape index (κ1) is 43.2. The van der Waals surface area contributed by atoms with E-state index in [0.29, 0.717) is 12.7 Å². The molecular formula is C66H60N4O. The number of aromatic nitrogens is 3. The van der Waals surface area contributed by atoms with E-state index < -0.39 is 0 Å². The summed E-state index contributed by atoms with van der Waals surface area (Å²) in [5, 5.41) is 9.43. The molecule has 0 bridgehead atoms. The van der Waals surface area contributed by atoms with Crippen molar-refractivity contribution in [2.45, 2.75) is 85.2 Å². The van der Waals surface area contributed by atoms with Gasteiger partial charge in [0.15, 0.2) is 0 Å². The molecule has 3 aromatic heterocycles. The molecule has 0 saturated heterocycles. The lowest BCUT2D eigenvalue weighted by atomic mass is 9.82. The summed E-state index contributed by atoms with van der Waals surface area (Å²) in [7, 11) is 0. The Hall–Kier alpha value is -7.89. The monoisotopic (exact) mass is 925 g/mol. The summed E-state index contributed by atoms with van der Waals surface area (Å²) in [6.07, 6.45) is 1.92. The zero-order chi connectivity index (χ0) is 49.8. The van der Waals surface area contributed by atoms with Gasteiger partial charge in [0.05, 0.1) is 29.1 Å². The van der Waals surface area contributed by atoms with Gasteiger partial charge in [-0.1, -0.05) is 171 Å². The van der Waals surface area contributed by atoms with Gasteiger partial charge in [0.25, 0.3) is 0 Å². The van der Waals surface area contributed by atoms with Gasteiger partial charge < -0.3 is 14.2 Å². The van der Waals surface area contributed by atoms with E-state index >= 15 is 0 Å². The smallest absolute Gasteiger partial charge is 0.137 e. The van der Waals surface area contributed by atoms with Crippen LogP contribution in [0.1, 0.15) is 80.4 Å². The van der Waals surface area contributed by atoms with Gasteiger partial charge in [0, 0.05) is 51.1 Å². The zero-order valence-electron chi connectivity index (χ0n) is 43.2. The van der Waals surface area contributed by atoms with E-state index in [1.807, 2.05) is 12.3 Å². The third-order valence-electron chi connectivity index (χ3n) is 14.6. The Bertz CT molecular complexity index is 4080.